The van der Waals surface area contributed by atoms with Gasteiger partial charge in [-0.1, -0.05) is 42.0 Å². The first-order chi connectivity index (χ1) is 13.6. The van der Waals surface area contributed by atoms with Gasteiger partial charge in [-0.25, -0.2) is 0 Å². The number of carbonyl (C=O) groups is 1. The van der Waals surface area contributed by atoms with E-state index in [1.807, 2.05) is 36.4 Å². The maximum Gasteiger partial charge on any atom is 0.262 e. The number of aryl methyl sites for hydroxylation is 1. The SMILES string of the molecule is COc1ccccc1OCC(=O)Nc1ccc(NCc2cccc(C)c2)cc1. The van der Waals surface area contributed by atoms with Crippen molar-refractivity contribution in [3.05, 3.63) is 83.9 Å². The molecular weight excluding hydrogens is 352 g/mol. The second kappa shape index (κ2) is 9.46. The van der Waals surface area contributed by atoms with Crippen molar-refractivity contribution in [2.24, 2.45) is 0 Å². The molecule has 0 radical (unpaired) electrons. The third-order valence-electron chi connectivity index (χ3n) is 4.18. The summed E-state index contributed by atoms with van der Waals surface area (Å²) in [5, 5.41) is 6.20. The molecule has 0 aliphatic carbocycles. The highest BCUT2D eigenvalue weighted by molar-refractivity contribution is 5.92. The van der Waals surface area contributed by atoms with Crippen LogP contribution in [0.4, 0.5) is 11.4 Å². The zero-order valence-corrected chi connectivity index (χ0v) is 16.1. The van der Waals surface area contributed by atoms with Crippen molar-refractivity contribution in [2.45, 2.75) is 13.5 Å². The van der Waals surface area contributed by atoms with E-state index in [0.717, 1.165) is 17.9 Å². The summed E-state index contributed by atoms with van der Waals surface area (Å²) in [5.41, 5.74) is 4.18. The highest BCUT2D eigenvalue weighted by atomic mass is 16.5. The molecule has 0 spiro atoms. The van der Waals surface area contributed by atoms with Gasteiger partial charge in [0.15, 0.2) is 18.1 Å². The lowest BCUT2D eigenvalue weighted by atomic mass is 10.1. The normalized spacial score (nSPS) is 10.2. The Kier molecular flexibility index (Phi) is 6.52. The van der Waals surface area contributed by atoms with Gasteiger partial charge in [0.25, 0.3) is 5.91 Å². The minimum absolute atomic E-state index is 0.0896. The van der Waals surface area contributed by atoms with Crippen molar-refractivity contribution >= 4 is 17.3 Å². The molecule has 0 aliphatic heterocycles. The molecule has 3 aromatic carbocycles. The van der Waals surface area contributed by atoms with Crippen LogP contribution < -0.4 is 20.1 Å². The molecule has 0 fully saturated rings. The van der Waals surface area contributed by atoms with Gasteiger partial charge in [-0.15, -0.1) is 0 Å². The number of nitrogens with one attached hydrogen (secondary N) is 2. The molecule has 5 heteroatoms. The zero-order valence-electron chi connectivity index (χ0n) is 16.1. The molecular formula is C23H24N2O3. The molecule has 0 aliphatic rings. The van der Waals surface area contributed by atoms with Crippen molar-refractivity contribution in [1.82, 2.24) is 0 Å². The lowest BCUT2D eigenvalue weighted by Crippen LogP contribution is -2.20. The van der Waals surface area contributed by atoms with E-state index in [-0.39, 0.29) is 12.5 Å². The molecule has 0 saturated heterocycles. The predicted octanol–water partition coefficient (Wildman–Crippen LogP) is 4.63. The van der Waals surface area contributed by atoms with E-state index >= 15 is 0 Å². The fourth-order valence-electron chi connectivity index (χ4n) is 2.78. The standard InChI is InChI=1S/C23H24N2O3/c1-17-6-5-7-18(14-17)15-24-19-10-12-20(13-11-19)25-23(26)16-28-22-9-4-3-8-21(22)27-2/h3-14,24H,15-16H2,1-2H3,(H,25,26). The Morgan fingerprint density at radius 1 is 0.893 bits per heavy atom. The predicted molar refractivity (Wildman–Crippen MR) is 112 cm³/mol. The number of para-hydroxylation sites is 2. The topological polar surface area (TPSA) is 59.6 Å². The molecule has 3 aromatic rings. The largest absolute Gasteiger partial charge is 0.493 e. The molecule has 0 unspecified atom stereocenters. The van der Waals surface area contributed by atoms with Crippen LogP contribution in [0.2, 0.25) is 0 Å². The van der Waals surface area contributed by atoms with Gasteiger partial charge < -0.3 is 20.1 Å². The van der Waals surface area contributed by atoms with Crippen LogP contribution >= 0.6 is 0 Å². The van der Waals surface area contributed by atoms with Gasteiger partial charge in [0, 0.05) is 17.9 Å². The molecule has 0 saturated carbocycles. The third-order valence-corrected chi connectivity index (χ3v) is 4.18. The van der Waals surface area contributed by atoms with Gasteiger partial charge in [0.05, 0.1) is 7.11 Å². The number of methoxy groups -OCH3 is 1. The van der Waals surface area contributed by atoms with E-state index < -0.39 is 0 Å². The summed E-state index contributed by atoms with van der Waals surface area (Å²) in [6.45, 7) is 2.74. The number of rotatable bonds is 8. The average Bonchev–Trinajstić information content (AvgIpc) is 2.72. The van der Waals surface area contributed by atoms with Gasteiger partial charge in [-0.05, 0) is 48.9 Å². The van der Waals surface area contributed by atoms with Crippen molar-refractivity contribution < 1.29 is 14.3 Å². The number of hydrogen-bond acceptors (Lipinski definition) is 4. The van der Waals surface area contributed by atoms with Crippen LogP contribution in [0.1, 0.15) is 11.1 Å². The van der Waals surface area contributed by atoms with Crippen LogP contribution in [0.3, 0.4) is 0 Å². The van der Waals surface area contributed by atoms with E-state index in [2.05, 4.69) is 41.8 Å². The first-order valence-corrected chi connectivity index (χ1v) is 9.09. The second-order valence-corrected chi connectivity index (χ2v) is 6.41. The van der Waals surface area contributed by atoms with E-state index in [0.29, 0.717) is 11.5 Å². The van der Waals surface area contributed by atoms with Crippen molar-refractivity contribution in [3.63, 3.8) is 0 Å². The van der Waals surface area contributed by atoms with Crippen LogP contribution in [-0.2, 0) is 11.3 Å². The third kappa shape index (κ3) is 5.51. The summed E-state index contributed by atoms with van der Waals surface area (Å²) >= 11 is 0. The lowest BCUT2D eigenvalue weighted by molar-refractivity contribution is -0.118. The number of ether oxygens (including phenoxy) is 2. The summed E-state index contributed by atoms with van der Waals surface area (Å²) in [5.74, 6) is 0.904. The molecule has 28 heavy (non-hydrogen) atoms. The highest BCUT2D eigenvalue weighted by Crippen LogP contribution is 2.25. The Hall–Kier alpha value is -3.47. The molecule has 0 atom stereocenters. The number of amides is 1. The molecule has 0 aromatic heterocycles. The monoisotopic (exact) mass is 376 g/mol. The van der Waals surface area contributed by atoms with Crippen LogP contribution in [0, 0.1) is 6.92 Å². The summed E-state index contributed by atoms with van der Waals surface area (Å²) in [6.07, 6.45) is 0. The molecule has 144 valence electrons. The molecule has 5 nitrogen and oxygen atoms in total. The summed E-state index contributed by atoms with van der Waals surface area (Å²) < 4.78 is 10.7. The number of anilines is 2. The fraction of sp³-hybridized carbons (Fsp3) is 0.174. The summed E-state index contributed by atoms with van der Waals surface area (Å²) in [4.78, 5) is 12.1. The van der Waals surface area contributed by atoms with Crippen molar-refractivity contribution in [1.29, 1.82) is 0 Å². The molecule has 0 bridgehead atoms. The van der Waals surface area contributed by atoms with Gasteiger partial charge >= 0.3 is 0 Å². The van der Waals surface area contributed by atoms with Gasteiger partial charge in [0.1, 0.15) is 0 Å². The summed E-state index contributed by atoms with van der Waals surface area (Å²) in [6, 6.07) is 23.2. The van der Waals surface area contributed by atoms with Crippen LogP contribution in [-0.4, -0.2) is 19.6 Å². The number of benzene rings is 3. The first-order valence-electron chi connectivity index (χ1n) is 9.09. The van der Waals surface area contributed by atoms with Gasteiger partial charge in [-0.2, -0.15) is 0 Å². The van der Waals surface area contributed by atoms with E-state index in [4.69, 9.17) is 9.47 Å². The maximum atomic E-state index is 12.1. The quantitative estimate of drug-likeness (QED) is 0.602. The Morgan fingerprint density at radius 2 is 1.61 bits per heavy atom. The Balaban J connectivity index is 1.48. The lowest BCUT2D eigenvalue weighted by Gasteiger charge is -2.11. The molecule has 1 amide bonds. The van der Waals surface area contributed by atoms with Gasteiger partial charge in [-0.3, -0.25) is 4.79 Å². The van der Waals surface area contributed by atoms with E-state index in [1.54, 1.807) is 19.2 Å². The van der Waals surface area contributed by atoms with Crippen LogP contribution in [0.5, 0.6) is 11.5 Å². The first kappa shape index (κ1) is 19.3. The van der Waals surface area contributed by atoms with Gasteiger partial charge in [0.2, 0.25) is 0 Å². The van der Waals surface area contributed by atoms with Crippen LogP contribution in [0.25, 0.3) is 0 Å². The Bertz CT molecular complexity index is 923. The molecule has 2 N–H and O–H groups in total. The smallest absolute Gasteiger partial charge is 0.262 e. The number of hydrogen-bond donors (Lipinski definition) is 2. The molecule has 0 heterocycles. The Morgan fingerprint density at radius 3 is 2.32 bits per heavy atom. The van der Waals surface area contributed by atoms with E-state index in [9.17, 15) is 4.79 Å². The minimum Gasteiger partial charge on any atom is -0.493 e. The van der Waals surface area contributed by atoms with E-state index in [1.165, 1.54) is 11.1 Å². The highest BCUT2D eigenvalue weighted by Gasteiger charge is 2.07. The fourth-order valence-corrected chi connectivity index (χ4v) is 2.78. The number of carbonyl (C=O) groups excluding carboxylic acids is 1. The maximum absolute atomic E-state index is 12.1. The van der Waals surface area contributed by atoms with Crippen LogP contribution in [0.15, 0.2) is 72.8 Å². The Labute approximate surface area is 165 Å². The van der Waals surface area contributed by atoms with Crippen molar-refractivity contribution in [3.8, 4) is 11.5 Å². The zero-order chi connectivity index (χ0) is 19.8. The average molecular weight is 376 g/mol. The minimum atomic E-state index is -0.230. The molecule has 3 rings (SSSR count). The second-order valence-electron chi connectivity index (χ2n) is 6.41. The summed E-state index contributed by atoms with van der Waals surface area (Å²) in [7, 11) is 1.57. The van der Waals surface area contributed by atoms with Crippen molar-refractivity contribution in [2.75, 3.05) is 24.4 Å².